The summed E-state index contributed by atoms with van der Waals surface area (Å²) >= 11 is 0. The number of hydrogen-bond donors (Lipinski definition) is 0. The highest BCUT2D eigenvalue weighted by atomic mass is 16.1. The van der Waals surface area contributed by atoms with Gasteiger partial charge in [0.2, 0.25) is 0 Å². The lowest BCUT2D eigenvalue weighted by Crippen LogP contribution is -2.03. The molecule has 0 aromatic rings. The van der Waals surface area contributed by atoms with E-state index in [9.17, 15) is 9.59 Å². The van der Waals surface area contributed by atoms with E-state index >= 15 is 0 Å². The molecule has 62 valence electrons. The Morgan fingerprint density at radius 1 is 1.36 bits per heavy atom. The molecule has 0 aliphatic rings. The van der Waals surface area contributed by atoms with Gasteiger partial charge in [-0.2, -0.15) is 0 Å². The fraction of sp³-hybridized carbons (Fsp3) is 0.556. The second-order valence-corrected chi connectivity index (χ2v) is 2.53. The van der Waals surface area contributed by atoms with Gasteiger partial charge in [-0.25, -0.2) is 0 Å². The second kappa shape index (κ2) is 5.83. The number of carbonyl (C=O) groups excluding carboxylic acids is 2. The Hall–Kier alpha value is -0.920. The van der Waals surface area contributed by atoms with Crippen molar-refractivity contribution in [2.75, 3.05) is 0 Å². The third-order valence-electron chi connectivity index (χ3n) is 1.27. The third-order valence-corrected chi connectivity index (χ3v) is 1.27. The summed E-state index contributed by atoms with van der Waals surface area (Å²) in [6.45, 7) is 3.35. The van der Waals surface area contributed by atoms with Gasteiger partial charge in [-0.1, -0.05) is 12.2 Å². The van der Waals surface area contributed by atoms with Crippen molar-refractivity contribution in [3.05, 3.63) is 12.2 Å². The maximum absolute atomic E-state index is 10.9. The maximum Gasteiger partial charge on any atom is 0.140 e. The van der Waals surface area contributed by atoms with Crippen molar-refractivity contribution >= 4 is 11.6 Å². The van der Waals surface area contributed by atoms with Crippen molar-refractivity contribution in [3.8, 4) is 0 Å². The van der Waals surface area contributed by atoms with Crippen LogP contribution in [0.5, 0.6) is 0 Å². The van der Waals surface area contributed by atoms with Crippen molar-refractivity contribution in [2.24, 2.45) is 0 Å². The molecule has 0 aromatic heterocycles. The molecule has 2 nitrogen and oxygen atoms in total. The lowest BCUT2D eigenvalue weighted by molar-refractivity contribution is -0.125. The van der Waals surface area contributed by atoms with E-state index in [-0.39, 0.29) is 18.0 Å². The summed E-state index contributed by atoms with van der Waals surface area (Å²) in [7, 11) is 0. The van der Waals surface area contributed by atoms with E-state index < -0.39 is 0 Å². The van der Waals surface area contributed by atoms with Crippen molar-refractivity contribution in [1.82, 2.24) is 0 Å². The Morgan fingerprint density at radius 2 is 2.00 bits per heavy atom. The minimum atomic E-state index is -0.0459. The van der Waals surface area contributed by atoms with Crippen LogP contribution in [0.25, 0.3) is 0 Å². The number of rotatable bonds is 5. The van der Waals surface area contributed by atoms with Gasteiger partial charge in [0.15, 0.2) is 0 Å². The molecule has 0 N–H and O–H groups in total. The predicted octanol–water partition coefficient (Wildman–Crippen LogP) is 1.89. The van der Waals surface area contributed by atoms with Crippen molar-refractivity contribution in [2.45, 2.75) is 33.1 Å². The normalized spacial score (nSPS) is 10.4. The summed E-state index contributed by atoms with van der Waals surface area (Å²) in [5, 5.41) is 0. The van der Waals surface area contributed by atoms with Crippen LogP contribution >= 0.6 is 0 Å². The molecule has 2 heteroatoms. The Morgan fingerprint density at radius 3 is 2.45 bits per heavy atom. The maximum atomic E-state index is 10.9. The summed E-state index contributed by atoms with van der Waals surface area (Å²) in [4.78, 5) is 21.3. The standard InChI is InChI=1S/C9H14O2/c1-3-4-5-6-9(11)7-8(2)10/h3-4H,5-7H2,1-2H3/b4-3+. The Labute approximate surface area is 67.3 Å². The number of carbonyl (C=O) groups is 2. The summed E-state index contributed by atoms with van der Waals surface area (Å²) in [6, 6.07) is 0. The molecule has 0 bridgehead atoms. The monoisotopic (exact) mass is 154 g/mol. The lowest BCUT2D eigenvalue weighted by Gasteiger charge is -1.92. The Kier molecular flexibility index (Phi) is 5.35. The van der Waals surface area contributed by atoms with E-state index in [1.54, 1.807) is 0 Å². The van der Waals surface area contributed by atoms with Crippen LogP contribution in [0.1, 0.15) is 33.1 Å². The van der Waals surface area contributed by atoms with Crippen LogP contribution < -0.4 is 0 Å². The number of allylic oxidation sites excluding steroid dienone is 2. The molecule has 0 fully saturated rings. The van der Waals surface area contributed by atoms with Gasteiger partial charge >= 0.3 is 0 Å². The zero-order valence-corrected chi connectivity index (χ0v) is 7.09. The molecule has 0 saturated heterocycles. The zero-order chi connectivity index (χ0) is 8.69. The Balaban J connectivity index is 3.45. The molecule has 11 heavy (non-hydrogen) atoms. The first-order valence-corrected chi connectivity index (χ1v) is 3.79. The third kappa shape index (κ3) is 6.97. The van der Waals surface area contributed by atoms with Gasteiger partial charge in [0.1, 0.15) is 11.6 Å². The van der Waals surface area contributed by atoms with E-state index in [2.05, 4.69) is 0 Å². The van der Waals surface area contributed by atoms with Crippen LogP contribution in [-0.4, -0.2) is 11.6 Å². The first-order valence-electron chi connectivity index (χ1n) is 3.79. The van der Waals surface area contributed by atoms with Crippen LogP contribution in [0, 0.1) is 0 Å². The van der Waals surface area contributed by atoms with E-state index in [0.717, 1.165) is 6.42 Å². The van der Waals surface area contributed by atoms with Crippen LogP contribution in [-0.2, 0) is 9.59 Å². The molecule has 0 radical (unpaired) electrons. The van der Waals surface area contributed by atoms with Gasteiger partial charge in [0.25, 0.3) is 0 Å². The molecule has 0 aliphatic heterocycles. The average molecular weight is 154 g/mol. The van der Waals surface area contributed by atoms with Crippen molar-refractivity contribution in [3.63, 3.8) is 0 Å². The molecule has 0 rings (SSSR count). The van der Waals surface area contributed by atoms with E-state index in [0.29, 0.717) is 6.42 Å². The first-order chi connectivity index (χ1) is 5.16. The van der Waals surface area contributed by atoms with Gasteiger partial charge in [0, 0.05) is 6.42 Å². The highest BCUT2D eigenvalue weighted by Crippen LogP contribution is 1.96. The quantitative estimate of drug-likeness (QED) is 0.447. The van der Waals surface area contributed by atoms with Crippen molar-refractivity contribution < 1.29 is 9.59 Å². The molecule has 0 heterocycles. The topological polar surface area (TPSA) is 34.1 Å². The molecule has 0 atom stereocenters. The minimum Gasteiger partial charge on any atom is -0.300 e. The second-order valence-electron chi connectivity index (χ2n) is 2.53. The fourth-order valence-corrected chi connectivity index (χ4v) is 0.777. The molecule has 0 amide bonds. The minimum absolute atomic E-state index is 0.0376. The van der Waals surface area contributed by atoms with Gasteiger partial charge < -0.3 is 0 Å². The summed E-state index contributed by atoms with van der Waals surface area (Å²) in [5.41, 5.74) is 0. The number of hydrogen-bond acceptors (Lipinski definition) is 2. The van der Waals surface area contributed by atoms with Gasteiger partial charge in [-0.3, -0.25) is 9.59 Å². The number of ketones is 2. The van der Waals surface area contributed by atoms with Crippen molar-refractivity contribution in [1.29, 1.82) is 0 Å². The molecule has 0 spiro atoms. The summed E-state index contributed by atoms with van der Waals surface area (Å²) < 4.78 is 0. The van der Waals surface area contributed by atoms with Crippen LogP contribution in [0.15, 0.2) is 12.2 Å². The largest absolute Gasteiger partial charge is 0.300 e. The molecular formula is C9H14O2. The molecular weight excluding hydrogens is 140 g/mol. The molecule has 0 aromatic carbocycles. The van der Waals surface area contributed by atoms with Gasteiger partial charge in [0.05, 0.1) is 6.42 Å². The van der Waals surface area contributed by atoms with Crippen LogP contribution in [0.2, 0.25) is 0 Å². The summed E-state index contributed by atoms with van der Waals surface area (Å²) in [5.74, 6) is -0.00826. The summed E-state index contributed by atoms with van der Waals surface area (Å²) in [6.07, 6.45) is 5.17. The average Bonchev–Trinajstić information content (AvgIpc) is 1.86. The fourth-order valence-electron chi connectivity index (χ4n) is 0.777. The molecule has 0 aliphatic carbocycles. The molecule has 0 saturated carbocycles. The number of Topliss-reactive ketones (excluding diaryl/α,β-unsaturated/α-hetero) is 2. The van der Waals surface area contributed by atoms with E-state index in [1.165, 1.54) is 6.92 Å². The Bertz CT molecular complexity index is 168. The van der Waals surface area contributed by atoms with Gasteiger partial charge in [-0.05, 0) is 20.3 Å². The van der Waals surface area contributed by atoms with Gasteiger partial charge in [-0.15, -0.1) is 0 Å². The first kappa shape index (κ1) is 10.1. The lowest BCUT2D eigenvalue weighted by atomic mass is 10.1. The van der Waals surface area contributed by atoms with E-state index in [4.69, 9.17) is 0 Å². The van der Waals surface area contributed by atoms with Crippen LogP contribution in [0.3, 0.4) is 0 Å². The zero-order valence-electron chi connectivity index (χ0n) is 7.09. The predicted molar refractivity (Wildman–Crippen MR) is 44.4 cm³/mol. The van der Waals surface area contributed by atoms with E-state index in [1.807, 2.05) is 19.1 Å². The smallest absolute Gasteiger partial charge is 0.140 e. The highest BCUT2D eigenvalue weighted by Gasteiger charge is 2.02. The SMILES string of the molecule is C/C=C/CCC(=O)CC(C)=O. The van der Waals surface area contributed by atoms with Crippen LogP contribution in [0.4, 0.5) is 0 Å². The highest BCUT2D eigenvalue weighted by molar-refractivity contribution is 5.97. The molecule has 0 unspecified atom stereocenters.